The van der Waals surface area contributed by atoms with E-state index in [1.54, 1.807) is 24.3 Å². The molecule has 2 aromatic carbocycles. The second kappa shape index (κ2) is 5.40. The molecule has 2 aromatic rings. The molecule has 0 saturated heterocycles. The van der Waals surface area contributed by atoms with Gasteiger partial charge in [0.15, 0.2) is 9.84 Å². The van der Waals surface area contributed by atoms with Crippen molar-refractivity contribution in [2.24, 2.45) is 0 Å². The van der Waals surface area contributed by atoms with Gasteiger partial charge < -0.3 is 4.74 Å². The van der Waals surface area contributed by atoms with E-state index in [0.717, 1.165) is 6.07 Å². The molecule has 5 heteroatoms. The Labute approximate surface area is 111 Å². The van der Waals surface area contributed by atoms with Crippen LogP contribution in [0, 0.1) is 5.82 Å². The van der Waals surface area contributed by atoms with Gasteiger partial charge in [-0.1, -0.05) is 24.3 Å². The normalized spacial score (nSPS) is 11.3. The van der Waals surface area contributed by atoms with Crippen LogP contribution in [0.3, 0.4) is 0 Å². The van der Waals surface area contributed by atoms with Crippen LogP contribution < -0.4 is 4.74 Å². The van der Waals surface area contributed by atoms with Crippen LogP contribution in [0.4, 0.5) is 4.39 Å². The van der Waals surface area contributed by atoms with E-state index >= 15 is 0 Å². The van der Waals surface area contributed by atoms with Crippen LogP contribution in [0.15, 0.2) is 53.4 Å². The zero-order valence-corrected chi connectivity index (χ0v) is 11.2. The molecular weight excluding hydrogens is 267 g/mol. The highest BCUT2D eigenvalue weighted by Crippen LogP contribution is 2.23. The first-order valence-corrected chi connectivity index (χ1v) is 7.28. The molecule has 0 aliphatic heterocycles. The minimum atomic E-state index is -3.59. The first-order valence-electron chi connectivity index (χ1n) is 5.63. The Hall–Kier alpha value is -1.88. The van der Waals surface area contributed by atoms with E-state index in [4.69, 9.17) is 4.74 Å². The van der Waals surface area contributed by atoms with E-state index in [2.05, 4.69) is 0 Å². The number of halogens is 1. The van der Waals surface area contributed by atoms with Crippen LogP contribution in [0.25, 0.3) is 0 Å². The summed E-state index contributed by atoms with van der Waals surface area (Å²) in [7, 11) is -2.11. The van der Waals surface area contributed by atoms with Crippen molar-refractivity contribution in [3.8, 4) is 5.75 Å². The van der Waals surface area contributed by atoms with Crippen LogP contribution in [-0.2, 0) is 15.6 Å². The van der Waals surface area contributed by atoms with Crippen molar-refractivity contribution < 1.29 is 17.5 Å². The third-order valence-corrected chi connectivity index (χ3v) is 4.36. The molecule has 0 atom stereocenters. The molecule has 0 saturated carbocycles. The molecular formula is C14H13FO3S. The fourth-order valence-electron chi connectivity index (χ4n) is 1.77. The van der Waals surface area contributed by atoms with Gasteiger partial charge in [-0.15, -0.1) is 0 Å². The highest BCUT2D eigenvalue weighted by Gasteiger charge is 2.18. The molecule has 0 unspecified atom stereocenters. The molecule has 2 rings (SSSR count). The van der Waals surface area contributed by atoms with Gasteiger partial charge in [0.1, 0.15) is 11.6 Å². The maximum atomic E-state index is 13.1. The Morgan fingerprint density at radius 2 is 1.84 bits per heavy atom. The fourth-order valence-corrected chi connectivity index (χ4v) is 3.16. The summed E-state index contributed by atoms with van der Waals surface area (Å²) in [6, 6.07) is 11.9. The van der Waals surface area contributed by atoms with Crippen molar-refractivity contribution in [1.29, 1.82) is 0 Å². The molecule has 0 heterocycles. The number of benzene rings is 2. The van der Waals surface area contributed by atoms with Crippen molar-refractivity contribution in [1.82, 2.24) is 0 Å². The topological polar surface area (TPSA) is 43.4 Å². The monoisotopic (exact) mass is 280 g/mol. The molecule has 3 nitrogen and oxygen atoms in total. The van der Waals surface area contributed by atoms with Gasteiger partial charge in [-0.25, -0.2) is 12.8 Å². The lowest BCUT2D eigenvalue weighted by Gasteiger charge is -2.09. The number of rotatable bonds is 4. The van der Waals surface area contributed by atoms with E-state index in [1.807, 2.05) is 0 Å². The molecule has 0 aliphatic carbocycles. The van der Waals surface area contributed by atoms with Crippen molar-refractivity contribution in [3.05, 3.63) is 59.9 Å². The Kier molecular flexibility index (Phi) is 3.85. The van der Waals surface area contributed by atoms with E-state index in [1.165, 1.54) is 25.3 Å². The Balaban J connectivity index is 2.37. The van der Waals surface area contributed by atoms with Crippen molar-refractivity contribution in [2.75, 3.05) is 7.11 Å². The first kappa shape index (κ1) is 13.5. The molecule has 100 valence electrons. The predicted molar refractivity (Wildman–Crippen MR) is 70.3 cm³/mol. The second-order valence-corrected chi connectivity index (χ2v) is 6.02. The summed E-state index contributed by atoms with van der Waals surface area (Å²) in [5, 5.41) is 0. The van der Waals surface area contributed by atoms with Crippen molar-refractivity contribution in [2.45, 2.75) is 10.6 Å². The summed E-state index contributed by atoms with van der Waals surface area (Å²) < 4.78 is 42.6. The summed E-state index contributed by atoms with van der Waals surface area (Å²) in [5.41, 5.74) is 0.550. The molecule has 0 N–H and O–H groups in total. The standard InChI is InChI=1S/C14H13FO3S/c1-18-14-8-3-2-5-11(14)10-19(16,17)13-7-4-6-12(15)9-13/h2-9H,10H2,1H3. The maximum absolute atomic E-state index is 13.1. The van der Waals surface area contributed by atoms with Gasteiger partial charge in [0.25, 0.3) is 0 Å². The molecule has 0 aliphatic rings. The van der Waals surface area contributed by atoms with Crippen molar-refractivity contribution in [3.63, 3.8) is 0 Å². The second-order valence-electron chi connectivity index (χ2n) is 4.03. The van der Waals surface area contributed by atoms with Gasteiger partial charge in [0.2, 0.25) is 0 Å². The van der Waals surface area contributed by atoms with Gasteiger partial charge in [0.05, 0.1) is 17.8 Å². The zero-order chi connectivity index (χ0) is 13.9. The predicted octanol–water partition coefficient (Wildman–Crippen LogP) is 2.81. The Morgan fingerprint density at radius 1 is 1.11 bits per heavy atom. The number of methoxy groups -OCH3 is 1. The van der Waals surface area contributed by atoms with Crippen LogP contribution in [-0.4, -0.2) is 15.5 Å². The maximum Gasteiger partial charge on any atom is 0.182 e. The lowest BCUT2D eigenvalue weighted by atomic mass is 10.2. The molecule has 0 aromatic heterocycles. The van der Waals surface area contributed by atoms with Crippen LogP contribution in [0.5, 0.6) is 5.75 Å². The van der Waals surface area contributed by atoms with E-state index < -0.39 is 15.7 Å². The lowest BCUT2D eigenvalue weighted by molar-refractivity contribution is 0.411. The lowest BCUT2D eigenvalue weighted by Crippen LogP contribution is -2.06. The largest absolute Gasteiger partial charge is 0.496 e. The summed E-state index contributed by atoms with van der Waals surface area (Å²) in [5.74, 6) is -0.288. The summed E-state index contributed by atoms with van der Waals surface area (Å²) >= 11 is 0. The minimum Gasteiger partial charge on any atom is -0.496 e. The molecule has 0 spiro atoms. The number of sulfone groups is 1. The van der Waals surface area contributed by atoms with Gasteiger partial charge in [-0.2, -0.15) is 0 Å². The smallest absolute Gasteiger partial charge is 0.182 e. The molecule has 19 heavy (non-hydrogen) atoms. The molecule has 0 fully saturated rings. The zero-order valence-electron chi connectivity index (χ0n) is 10.3. The molecule has 0 amide bonds. The Bertz CT molecular complexity index is 681. The molecule has 0 radical (unpaired) electrons. The number of para-hydroxylation sites is 1. The summed E-state index contributed by atoms with van der Waals surface area (Å²) in [6.45, 7) is 0. The number of ether oxygens (including phenoxy) is 1. The third kappa shape index (κ3) is 3.12. The highest BCUT2D eigenvalue weighted by atomic mass is 32.2. The van der Waals surface area contributed by atoms with Gasteiger partial charge >= 0.3 is 0 Å². The van der Waals surface area contributed by atoms with E-state index in [-0.39, 0.29) is 10.6 Å². The average Bonchev–Trinajstić information content (AvgIpc) is 2.39. The Morgan fingerprint density at radius 3 is 2.53 bits per heavy atom. The van der Waals surface area contributed by atoms with Gasteiger partial charge in [0, 0.05) is 5.56 Å². The number of hydrogen-bond acceptors (Lipinski definition) is 3. The first-order chi connectivity index (χ1) is 9.03. The molecule has 0 bridgehead atoms. The van der Waals surface area contributed by atoms with Crippen LogP contribution in [0.2, 0.25) is 0 Å². The van der Waals surface area contributed by atoms with Gasteiger partial charge in [-0.05, 0) is 24.3 Å². The van der Waals surface area contributed by atoms with Gasteiger partial charge in [-0.3, -0.25) is 0 Å². The minimum absolute atomic E-state index is 0.0293. The van der Waals surface area contributed by atoms with Crippen LogP contribution in [0.1, 0.15) is 5.56 Å². The summed E-state index contributed by atoms with van der Waals surface area (Å²) in [4.78, 5) is -0.0293. The van der Waals surface area contributed by atoms with Crippen LogP contribution >= 0.6 is 0 Å². The fraction of sp³-hybridized carbons (Fsp3) is 0.143. The van der Waals surface area contributed by atoms with E-state index in [9.17, 15) is 12.8 Å². The summed E-state index contributed by atoms with van der Waals surface area (Å²) in [6.07, 6.45) is 0. The number of hydrogen-bond donors (Lipinski definition) is 0. The quantitative estimate of drug-likeness (QED) is 0.865. The SMILES string of the molecule is COc1ccccc1CS(=O)(=O)c1cccc(F)c1. The third-order valence-electron chi connectivity index (χ3n) is 2.69. The van der Waals surface area contributed by atoms with Crippen molar-refractivity contribution >= 4 is 9.84 Å². The average molecular weight is 280 g/mol. The van der Waals surface area contributed by atoms with E-state index in [0.29, 0.717) is 11.3 Å². The highest BCUT2D eigenvalue weighted by molar-refractivity contribution is 7.90.